The van der Waals surface area contributed by atoms with Crippen LogP contribution in [0.25, 0.3) is 106 Å². The van der Waals surface area contributed by atoms with E-state index < -0.39 is 0 Å². The van der Waals surface area contributed by atoms with Crippen LogP contribution in [0.1, 0.15) is 0 Å². The van der Waals surface area contributed by atoms with Crippen LogP contribution in [-0.2, 0) is 28.1 Å². The molecule has 0 amide bonds. The molecular formula is C55H36N4Pt. The Kier molecular flexibility index (Phi) is 9.64. The van der Waals surface area contributed by atoms with Crippen molar-refractivity contribution in [2.45, 2.75) is 0 Å². The number of nitrogens with zero attached hydrogens (tertiary/aromatic N) is 4. The molecule has 5 heteroatoms. The molecule has 0 aliphatic carbocycles. The SMILES string of the molecule is Cn1c(-c2[c-]c3c(cc2)c2cc(-c4ccc(-c5ccccc5)cc4)ccc2n3-c2[c-]c(-c3ccccn3)ccc2)nc2ccc(-c3ccc(-c4ccccc4)cc3)cc21.[Pt+2]. The first-order chi connectivity index (χ1) is 29.1. The van der Waals surface area contributed by atoms with Gasteiger partial charge in [0.1, 0.15) is 0 Å². The van der Waals surface area contributed by atoms with Crippen LogP contribution in [0.4, 0.5) is 0 Å². The maximum absolute atomic E-state index is 5.18. The van der Waals surface area contributed by atoms with Crippen LogP contribution < -0.4 is 0 Å². The standard InChI is InChI=1S/C55H36N4.Pt/c1-58-54-35-44(42-24-20-40(21-25-42)38-13-6-3-7-14-38)27-30-51(54)57-55(58)46-26-29-48-49-34-43(41-22-18-39(19-23-41)37-11-4-2-5-12-37)28-31-52(49)59(53(48)36-46)47-16-10-15-45(33-47)50-17-8-9-32-56-50;/h2-32,34-35H,1H3;/q-2;+2. The number of aromatic nitrogens is 4. The molecule has 0 saturated carbocycles. The normalized spacial score (nSPS) is 11.3. The molecule has 0 spiro atoms. The second-order valence-corrected chi connectivity index (χ2v) is 15.0. The van der Waals surface area contributed by atoms with Crippen LogP contribution in [0.2, 0.25) is 0 Å². The van der Waals surface area contributed by atoms with Crippen LogP contribution in [0.3, 0.4) is 0 Å². The van der Waals surface area contributed by atoms with E-state index >= 15 is 0 Å². The van der Waals surface area contributed by atoms with Gasteiger partial charge < -0.3 is 14.1 Å². The number of rotatable bonds is 7. The molecule has 0 bridgehead atoms. The molecule has 3 heterocycles. The van der Waals surface area contributed by atoms with Crippen LogP contribution in [0, 0.1) is 12.1 Å². The smallest absolute Gasteiger partial charge is 0.367 e. The van der Waals surface area contributed by atoms with Gasteiger partial charge in [-0.05, 0) is 91.1 Å². The summed E-state index contributed by atoms with van der Waals surface area (Å²) in [5.41, 5.74) is 17.2. The number of imidazole rings is 1. The molecule has 0 unspecified atom stereocenters. The van der Waals surface area contributed by atoms with Gasteiger partial charge in [0.2, 0.25) is 0 Å². The van der Waals surface area contributed by atoms with Crippen molar-refractivity contribution < 1.29 is 21.1 Å². The van der Waals surface area contributed by atoms with E-state index in [0.29, 0.717) is 0 Å². The summed E-state index contributed by atoms with van der Waals surface area (Å²) in [6.07, 6.45) is 1.83. The van der Waals surface area contributed by atoms with Gasteiger partial charge in [0.25, 0.3) is 0 Å². The first-order valence-corrected chi connectivity index (χ1v) is 19.9. The van der Waals surface area contributed by atoms with E-state index in [-0.39, 0.29) is 21.1 Å². The summed E-state index contributed by atoms with van der Waals surface area (Å²) < 4.78 is 4.47. The third-order valence-corrected chi connectivity index (χ3v) is 11.4. The van der Waals surface area contributed by atoms with Crippen molar-refractivity contribution in [1.82, 2.24) is 19.1 Å². The van der Waals surface area contributed by atoms with Gasteiger partial charge in [-0.3, -0.25) is 4.98 Å². The van der Waals surface area contributed by atoms with Gasteiger partial charge in [0, 0.05) is 18.8 Å². The predicted octanol–water partition coefficient (Wildman–Crippen LogP) is 13.7. The van der Waals surface area contributed by atoms with Gasteiger partial charge in [-0.15, -0.1) is 53.6 Å². The number of pyridine rings is 1. The van der Waals surface area contributed by atoms with Crippen molar-refractivity contribution in [2.24, 2.45) is 7.05 Å². The molecule has 0 atom stereocenters. The van der Waals surface area contributed by atoms with Crippen molar-refractivity contribution in [1.29, 1.82) is 0 Å². The number of fused-ring (bicyclic) bond motifs is 4. The molecule has 286 valence electrons. The molecule has 0 aliphatic rings. The summed E-state index contributed by atoms with van der Waals surface area (Å²) in [7, 11) is 2.10. The van der Waals surface area contributed by atoms with E-state index in [1.54, 1.807) is 0 Å². The monoisotopic (exact) mass is 947 g/mol. The van der Waals surface area contributed by atoms with E-state index in [1.165, 1.54) is 33.4 Å². The number of aryl methyl sites for hydroxylation is 1. The second-order valence-electron chi connectivity index (χ2n) is 15.0. The largest absolute Gasteiger partial charge is 2.00 e. The molecule has 11 rings (SSSR count). The Labute approximate surface area is 363 Å². The Bertz CT molecular complexity index is 3300. The molecule has 0 radical (unpaired) electrons. The third kappa shape index (κ3) is 6.66. The Balaban J connectivity index is 0.00000433. The summed E-state index contributed by atoms with van der Waals surface area (Å²) in [6, 6.07) is 76.1. The van der Waals surface area contributed by atoms with Gasteiger partial charge in [0.05, 0.1) is 16.9 Å². The quantitative estimate of drug-likeness (QED) is 0.149. The van der Waals surface area contributed by atoms with Crippen LogP contribution in [-0.4, -0.2) is 19.1 Å². The third-order valence-electron chi connectivity index (χ3n) is 11.4. The second kappa shape index (κ2) is 15.6. The van der Waals surface area contributed by atoms with E-state index in [1.807, 2.05) is 24.4 Å². The topological polar surface area (TPSA) is 35.6 Å². The zero-order valence-corrected chi connectivity index (χ0v) is 34.9. The maximum atomic E-state index is 5.18. The minimum atomic E-state index is 0. The summed E-state index contributed by atoms with van der Waals surface area (Å²) >= 11 is 0. The molecule has 3 aromatic heterocycles. The molecule has 4 nitrogen and oxygen atoms in total. The number of benzene rings is 8. The average molecular weight is 948 g/mol. The fourth-order valence-electron chi connectivity index (χ4n) is 8.34. The van der Waals surface area contributed by atoms with Gasteiger partial charge in [0.15, 0.2) is 0 Å². The summed E-state index contributed by atoms with van der Waals surface area (Å²) in [5.74, 6) is 0.862. The van der Waals surface area contributed by atoms with Crippen LogP contribution in [0.15, 0.2) is 200 Å². The Hall–Kier alpha value is -7.13. The molecule has 60 heavy (non-hydrogen) atoms. The van der Waals surface area contributed by atoms with Crippen molar-refractivity contribution in [3.8, 4) is 72.8 Å². The molecule has 0 N–H and O–H groups in total. The van der Waals surface area contributed by atoms with E-state index in [0.717, 1.165) is 72.3 Å². The Morgan fingerprint density at radius 3 is 1.67 bits per heavy atom. The first kappa shape index (κ1) is 37.2. The fraction of sp³-hybridized carbons (Fsp3) is 0.0182. The molecule has 0 aliphatic heterocycles. The summed E-state index contributed by atoms with van der Waals surface area (Å²) in [6.45, 7) is 0. The van der Waals surface area contributed by atoms with Crippen molar-refractivity contribution in [3.05, 3.63) is 212 Å². The number of hydrogen-bond acceptors (Lipinski definition) is 2. The predicted molar refractivity (Wildman–Crippen MR) is 243 cm³/mol. The molecule has 0 fully saturated rings. The van der Waals surface area contributed by atoms with Crippen molar-refractivity contribution in [3.63, 3.8) is 0 Å². The zero-order valence-electron chi connectivity index (χ0n) is 32.7. The van der Waals surface area contributed by atoms with Crippen LogP contribution >= 0.6 is 0 Å². The van der Waals surface area contributed by atoms with Gasteiger partial charge in [-0.1, -0.05) is 145 Å². The van der Waals surface area contributed by atoms with Crippen molar-refractivity contribution in [2.75, 3.05) is 0 Å². The minimum absolute atomic E-state index is 0. The van der Waals surface area contributed by atoms with E-state index in [2.05, 4.69) is 209 Å². The molecule has 11 aromatic rings. The molecule has 0 saturated heterocycles. The zero-order chi connectivity index (χ0) is 39.3. The fourth-order valence-corrected chi connectivity index (χ4v) is 8.34. The summed E-state index contributed by atoms with van der Waals surface area (Å²) in [4.78, 5) is 9.81. The Morgan fingerprint density at radius 1 is 0.433 bits per heavy atom. The molecule has 8 aromatic carbocycles. The number of hydrogen-bond donors (Lipinski definition) is 0. The summed E-state index contributed by atoms with van der Waals surface area (Å²) in [5, 5.41) is 2.26. The van der Waals surface area contributed by atoms with Crippen LogP contribution in [0.5, 0.6) is 0 Å². The van der Waals surface area contributed by atoms with Gasteiger partial charge in [-0.25, -0.2) is 0 Å². The average Bonchev–Trinajstić information content (AvgIpc) is 3.83. The van der Waals surface area contributed by atoms with E-state index in [9.17, 15) is 0 Å². The molecular weight excluding hydrogens is 912 g/mol. The van der Waals surface area contributed by atoms with Crippen molar-refractivity contribution >= 4 is 32.8 Å². The van der Waals surface area contributed by atoms with Gasteiger partial charge in [-0.2, -0.15) is 0 Å². The maximum Gasteiger partial charge on any atom is 2.00 e. The van der Waals surface area contributed by atoms with Gasteiger partial charge >= 0.3 is 21.1 Å². The Morgan fingerprint density at radius 2 is 1.02 bits per heavy atom. The first-order valence-electron chi connectivity index (χ1n) is 19.9. The van der Waals surface area contributed by atoms with E-state index in [4.69, 9.17) is 4.98 Å². The minimum Gasteiger partial charge on any atom is -0.367 e.